The summed E-state index contributed by atoms with van der Waals surface area (Å²) in [6.07, 6.45) is 7.50. The molecule has 4 rings (SSSR count). The van der Waals surface area contributed by atoms with E-state index in [-0.39, 0.29) is 11.4 Å². The number of esters is 1. The highest BCUT2D eigenvalue weighted by Crippen LogP contribution is 2.60. The second-order valence-corrected chi connectivity index (χ2v) is 8.35. The van der Waals surface area contributed by atoms with Crippen molar-refractivity contribution in [3.8, 4) is 0 Å². The molecule has 0 radical (unpaired) electrons. The Morgan fingerprint density at radius 1 is 0.955 bits per heavy atom. The summed E-state index contributed by atoms with van der Waals surface area (Å²) in [6.45, 7) is 11.7. The third-order valence-corrected chi connectivity index (χ3v) is 7.28. The molecular formula is C19H34NO2+. The summed E-state index contributed by atoms with van der Waals surface area (Å²) in [7, 11) is 0. The van der Waals surface area contributed by atoms with Gasteiger partial charge in [-0.25, -0.2) is 0 Å². The van der Waals surface area contributed by atoms with Gasteiger partial charge < -0.3 is 9.22 Å². The third-order valence-electron chi connectivity index (χ3n) is 7.28. The van der Waals surface area contributed by atoms with Crippen LogP contribution in [0.2, 0.25) is 0 Å². The van der Waals surface area contributed by atoms with E-state index in [0.717, 1.165) is 67.7 Å². The lowest BCUT2D eigenvalue weighted by Crippen LogP contribution is -2.52. The molecule has 126 valence electrons. The highest BCUT2D eigenvalue weighted by atomic mass is 16.5. The molecule has 0 aliphatic heterocycles. The fraction of sp³-hybridized carbons (Fsp3) is 0.947. The maximum atomic E-state index is 12.8. The van der Waals surface area contributed by atoms with Crippen molar-refractivity contribution in [2.75, 3.05) is 32.8 Å². The molecule has 4 aliphatic carbocycles. The van der Waals surface area contributed by atoms with Crippen LogP contribution in [0.4, 0.5) is 0 Å². The van der Waals surface area contributed by atoms with Gasteiger partial charge in [0.2, 0.25) is 0 Å². The quantitative estimate of drug-likeness (QED) is 0.530. The Labute approximate surface area is 136 Å². The number of quaternary nitrogens is 1. The van der Waals surface area contributed by atoms with Gasteiger partial charge in [0.15, 0.2) is 0 Å². The lowest BCUT2D eigenvalue weighted by molar-refractivity contribution is -0.923. The molecule has 0 aromatic carbocycles. The van der Waals surface area contributed by atoms with Gasteiger partial charge in [-0.1, -0.05) is 0 Å². The highest BCUT2D eigenvalue weighted by molar-refractivity contribution is 5.77. The van der Waals surface area contributed by atoms with Gasteiger partial charge >= 0.3 is 5.97 Å². The topological polar surface area (TPSA) is 26.3 Å². The van der Waals surface area contributed by atoms with E-state index in [1.54, 1.807) is 0 Å². The van der Waals surface area contributed by atoms with Gasteiger partial charge in [-0.3, -0.25) is 4.79 Å². The van der Waals surface area contributed by atoms with Crippen molar-refractivity contribution in [3.63, 3.8) is 0 Å². The predicted octanol–water partition coefficient (Wildman–Crippen LogP) is 3.62. The Hall–Kier alpha value is -0.570. The Morgan fingerprint density at radius 2 is 1.41 bits per heavy atom. The Kier molecular flexibility index (Phi) is 4.55. The molecule has 4 saturated carbocycles. The first-order valence-corrected chi connectivity index (χ1v) is 9.57. The summed E-state index contributed by atoms with van der Waals surface area (Å²) in [5.74, 6) is 2.59. The average molecular weight is 308 g/mol. The van der Waals surface area contributed by atoms with Crippen LogP contribution in [0.3, 0.4) is 0 Å². The lowest BCUT2D eigenvalue weighted by Gasteiger charge is -2.55. The molecule has 4 aliphatic rings. The SMILES string of the molecule is CC[N+](CC)(CC)CCOC(=O)C12CC3CC(CC(C3)C1)C2. The van der Waals surface area contributed by atoms with Crippen LogP contribution in [-0.2, 0) is 9.53 Å². The van der Waals surface area contributed by atoms with Gasteiger partial charge in [-0.2, -0.15) is 0 Å². The number of carbonyl (C=O) groups is 1. The number of hydrogen-bond acceptors (Lipinski definition) is 2. The highest BCUT2D eigenvalue weighted by Gasteiger charge is 2.55. The smallest absolute Gasteiger partial charge is 0.312 e. The van der Waals surface area contributed by atoms with E-state index < -0.39 is 0 Å². The average Bonchev–Trinajstić information content (AvgIpc) is 2.50. The zero-order valence-electron chi connectivity index (χ0n) is 14.8. The largest absolute Gasteiger partial charge is 0.459 e. The van der Waals surface area contributed by atoms with Gasteiger partial charge in [-0.15, -0.1) is 0 Å². The van der Waals surface area contributed by atoms with E-state index in [0.29, 0.717) is 6.61 Å². The maximum Gasteiger partial charge on any atom is 0.312 e. The molecule has 22 heavy (non-hydrogen) atoms. The van der Waals surface area contributed by atoms with Crippen LogP contribution in [0.15, 0.2) is 0 Å². The van der Waals surface area contributed by atoms with Crippen LogP contribution in [0.25, 0.3) is 0 Å². The second-order valence-electron chi connectivity index (χ2n) is 8.35. The van der Waals surface area contributed by atoms with Crippen LogP contribution in [0.5, 0.6) is 0 Å². The van der Waals surface area contributed by atoms with Crippen LogP contribution in [-0.4, -0.2) is 43.2 Å². The maximum absolute atomic E-state index is 12.8. The number of likely N-dealkylation sites (N-methyl/N-ethyl adjacent to an activating group) is 1. The molecule has 0 spiro atoms. The first kappa shape index (κ1) is 16.3. The molecule has 0 aromatic heterocycles. The van der Waals surface area contributed by atoms with Crippen LogP contribution in [0.1, 0.15) is 59.3 Å². The number of hydrogen-bond donors (Lipinski definition) is 0. The van der Waals surface area contributed by atoms with Gasteiger partial charge in [0.1, 0.15) is 13.2 Å². The van der Waals surface area contributed by atoms with Gasteiger partial charge in [0, 0.05) is 0 Å². The Morgan fingerprint density at radius 3 is 1.82 bits per heavy atom. The molecule has 0 unspecified atom stereocenters. The number of ether oxygens (including phenoxy) is 1. The first-order valence-electron chi connectivity index (χ1n) is 9.57. The number of rotatable bonds is 7. The summed E-state index contributed by atoms with van der Waals surface area (Å²) in [5.41, 5.74) is -0.0882. The van der Waals surface area contributed by atoms with Crippen molar-refractivity contribution in [2.45, 2.75) is 59.3 Å². The fourth-order valence-electron chi connectivity index (χ4n) is 5.99. The molecule has 3 nitrogen and oxygen atoms in total. The van der Waals surface area contributed by atoms with Gasteiger partial charge in [0.05, 0.1) is 25.0 Å². The first-order chi connectivity index (χ1) is 10.5. The lowest BCUT2D eigenvalue weighted by atomic mass is 9.49. The number of nitrogens with zero attached hydrogens (tertiary/aromatic N) is 1. The summed E-state index contributed by atoms with van der Waals surface area (Å²) >= 11 is 0. The fourth-order valence-corrected chi connectivity index (χ4v) is 5.99. The van der Waals surface area contributed by atoms with Crippen molar-refractivity contribution >= 4 is 5.97 Å². The third kappa shape index (κ3) is 2.81. The Bertz CT molecular complexity index is 370. The summed E-state index contributed by atoms with van der Waals surface area (Å²) < 4.78 is 6.90. The standard InChI is InChI=1S/C19H34NO2/c1-4-20(5-2,6-3)7-8-22-18(21)19-12-15-9-16(13-19)11-17(10-15)14-19/h15-17H,4-14H2,1-3H3/q+1. The summed E-state index contributed by atoms with van der Waals surface area (Å²) in [5, 5.41) is 0. The predicted molar refractivity (Wildman–Crippen MR) is 88.3 cm³/mol. The van der Waals surface area contributed by atoms with E-state index in [2.05, 4.69) is 20.8 Å². The minimum absolute atomic E-state index is 0.0882. The summed E-state index contributed by atoms with van der Waals surface area (Å²) in [6, 6.07) is 0. The van der Waals surface area contributed by atoms with E-state index in [1.165, 1.54) is 19.3 Å². The van der Waals surface area contributed by atoms with Crippen LogP contribution in [0, 0.1) is 23.2 Å². The minimum atomic E-state index is -0.0882. The van der Waals surface area contributed by atoms with E-state index in [1.807, 2.05) is 0 Å². The molecule has 0 saturated heterocycles. The zero-order chi connectivity index (χ0) is 15.8. The van der Waals surface area contributed by atoms with Crippen LogP contribution >= 0.6 is 0 Å². The molecular weight excluding hydrogens is 274 g/mol. The van der Waals surface area contributed by atoms with Crippen molar-refractivity contribution < 1.29 is 14.0 Å². The molecule has 3 heteroatoms. The second kappa shape index (κ2) is 6.14. The molecule has 4 fully saturated rings. The van der Waals surface area contributed by atoms with Gasteiger partial charge in [-0.05, 0) is 77.0 Å². The van der Waals surface area contributed by atoms with E-state index in [4.69, 9.17) is 4.74 Å². The molecule has 0 heterocycles. The number of carbonyl (C=O) groups excluding carboxylic acids is 1. The molecule has 0 amide bonds. The van der Waals surface area contributed by atoms with Gasteiger partial charge in [0.25, 0.3) is 0 Å². The van der Waals surface area contributed by atoms with Crippen molar-refractivity contribution in [2.24, 2.45) is 23.2 Å². The normalized spacial score (nSPS) is 36.6. The monoisotopic (exact) mass is 308 g/mol. The Balaban J connectivity index is 1.56. The van der Waals surface area contributed by atoms with Crippen molar-refractivity contribution in [1.82, 2.24) is 0 Å². The van der Waals surface area contributed by atoms with Crippen molar-refractivity contribution in [1.29, 1.82) is 0 Å². The van der Waals surface area contributed by atoms with Crippen molar-refractivity contribution in [3.05, 3.63) is 0 Å². The summed E-state index contributed by atoms with van der Waals surface area (Å²) in [4.78, 5) is 12.8. The van der Waals surface area contributed by atoms with E-state index >= 15 is 0 Å². The molecule has 0 N–H and O–H groups in total. The zero-order valence-corrected chi connectivity index (χ0v) is 14.8. The van der Waals surface area contributed by atoms with Crippen LogP contribution < -0.4 is 0 Å². The minimum Gasteiger partial charge on any atom is -0.459 e. The molecule has 0 aromatic rings. The molecule has 0 atom stereocenters. The van der Waals surface area contributed by atoms with E-state index in [9.17, 15) is 4.79 Å². The molecule has 4 bridgehead atoms.